The van der Waals surface area contributed by atoms with Crippen molar-refractivity contribution in [3.8, 4) is 11.8 Å². The molecule has 2 aromatic rings. The highest BCUT2D eigenvalue weighted by molar-refractivity contribution is 5.99. The third-order valence-electron chi connectivity index (χ3n) is 5.89. The largest absolute Gasteiger partial charge is 0.379 e. The van der Waals surface area contributed by atoms with Crippen LogP contribution in [0.5, 0.6) is 0 Å². The average Bonchev–Trinajstić information content (AvgIpc) is 3.34. The summed E-state index contributed by atoms with van der Waals surface area (Å²) in [6.45, 7) is 11.3. The number of amides is 2. The van der Waals surface area contributed by atoms with Crippen LogP contribution in [0.1, 0.15) is 38.5 Å². The number of benzene rings is 1. The Morgan fingerprint density at radius 2 is 1.94 bits per heavy atom. The van der Waals surface area contributed by atoms with E-state index in [4.69, 9.17) is 14.0 Å². The number of anilines is 2. The fraction of sp³-hybridized carbons (Fsp3) is 0.429. The van der Waals surface area contributed by atoms with Gasteiger partial charge < -0.3 is 19.3 Å². The molecule has 2 heterocycles. The number of allylic oxidation sites excluding steroid dienone is 2. The molecule has 1 fully saturated rings. The molecule has 1 aromatic carbocycles. The number of nitrogens with zero attached hydrogens (tertiary/aromatic N) is 2. The van der Waals surface area contributed by atoms with Gasteiger partial charge in [0.2, 0.25) is 0 Å². The van der Waals surface area contributed by atoms with Gasteiger partial charge in [0.1, 0.15) is 5.76 Å². The summed E-state index contributed by atoms with van der Waals surface area (Å²) in [5, 5.41) is 9.37. The lowest BCUT2D eigenvalue weighted by Crippen LogP contribution is -2.38. The lowest BCUT2D eigenvalue weighted by atomic mass is 9.93. The summed E-state index contributed by atoms with van der Waals surface area (Å²) in [4.78, 5) is 14.6. The number of hydrogen-bond donors (Lipinski definition) is 2. The van der Waals surface area contributed by atoms with E-state index in [-0.39, 0.29) is 17.6 Å². The van der Waals surface area contributed by atoms with E-state index in [1.807, 2.05) is 51.1 Å². The smallest absolute Gasteiger partial charge is 0.324 e. The van der Waals surface area contributed by atoms with Crippen molar-refractivity contribution in [3.05, 3.63) is 65.5 Å². The molecule has 0 saturated carbocycles. The fourth-order valence-electron chi connectivity index (χ4n) is 3.72. The molecule has 1 aromatic heterocycles. The molecule has 1 aliphatic heterocycles. The number of urea groups is 1. The first kappa shape index (κ1) is 25.7. The maximum Gasteiger partial charge on any atom is 0.324 e. The second-order valence-corrected chi connectivity index (χ2v) is 9.85. The molecule has 1 unspecified atom stereocenters. The number of morpholine rings is 1. The molecule has 2 N–H and O–H groups in total. The molecule has 0 radical (unpaired) electrons. The molecule has 4 rings (SSSR count). The van der Waals surface area contributed by atoms with Crippen molar-refractivity contribution < 1.29 is 18.8 Å². The summed E-state index contributed by atoms with van der Waals surface area (Å²) >= 11 is 0. The van der Waals surface area contributed by atoms with Crippen LogP contribution in [0.3, 0.4) is 0 Å². The third-order valence-corrected chi connectivity index (χ3v) is 5.89. The molecular weight excluding hydrogens is 456 g/mol. The van der Waals surface area contributed by atoms with Gasteiger partial charge in [-0.2, -0.15) is 0 Å². The highest BCUT2D eigenvalue weighted by Crippen LogP contribution is 2.24. The maximum absolute atomic E-state index is 12.3. The van der Waals surface area contributed by atoms with E-state index in [1.54, 1.807) is 6.07 Å². The number of ether oxygens (including phenoxy) is 2. The molecule has 0 bridgehead atoms. The molecular formula is C28H34N4O4. The summed E-state index contributed by atoms with van der Waals surface area (Å²) < 4.78 is 16.6. The number of carbonyl (C=O) groups is 1. The van der Waals surface area contributed by atoms with E-state index in [1.165, 1.54) is 0 Å². The van der Waals surface area contributed by atoms with Crippen molar-refractivity contribution >= 4 is 17.5 Å². The minimum atomic E-state index is -0.387. The third kappa shape index (κ3) is 7.82. The molecule has 190 valence electrons. The van der Waals surface area contributed by atoms with Crippen LogP contribution in [0, 0.1) is 11.8 Å². The summed E-state index contributed by atoms with van der Waals surface area (Å²) in [6.07, 6.45) is 7.14. The lowest BCUT2D eigenvalue weighted by Gasteiger charge is -2.27. The molecule has 8 heteroatoms. The van der Waals surface area contributed by atoms with Crippen molar-refractivity contribution in [2.24, 2.45) is 0 Å². The van der Waals surface area contributed by atoms with E-state index in [2.05, 4.69) is 44.7 Å². The zero-order valence-corrected chi connectivity index (χ0v) is 21.2. The summed E-state index contributed by atoms with van der Waals surface area (Å²) in [6, 6.07) is 8.73. The standard InChI is InChI=1S/C28H34N4O4/c1-28(2,3)25-20-26(31-36-25)30-27(33)29-23-10-6-21(7-11-23)4-5-22-8-12-24(13-9-22)35-19-16-32-14-17-34-18-15-32/h6-12,20,24H,13-19H2,1-3H3,(H2,29,30,31,33). The molecule has 1 atom stereocenters. The van der Waals surface area contributed by atoms with Crippen molar-refractivity contribution in [3.63, 3.8) is 0 Å². The first-order chi connectivity index (χ1) is 17.3. The van der Waals surface area contributed by atoms with Crippen molar-refractivity contribution in [1.82, 2.24) is 10.1 Å². The number of hydrogen-bond acceptors (Lipinski definition) is 6. The Morgan fingerprint density at radius 1 is 1.17 bits per heavy atom. The van der Waals surface area contributed by atoms with Crippen LogP contribution in [0.25, 0.3) is 0 Å². The molecule has 1 saturated heterocycles. The first-order valence-electron chi connectivity index (χ1n) is 12.3. The topological polar surface area (TPSA) is 88.9 Å². The van der Waals surface area contributed by atoms with Gasteiger partial charge in [0.25, 0.3) is 0 Å². The minimum Gasteiger partial charge on any atom is -0.379 e. The zero-order chi connectivity index (χ0) is 25.4. The van der Waals surface area contributed by atoms with Crippen molar-refractivity contribution in [2.45, 2.75) is 38.7 Å². The highest BCUT2D eigenvalue weighted by atomic mass is 16.5. The summed E-state index contributed by atoms with van der Waals surface area (Å²) in [7, 11) is 0. The molecule has 1 aliphatic carbocycles. The normalized spacial score (nSPS) is 18.2. The Kier molecular flexibility index (Phi) is 8.60. The SMILES string of the molecule is CC(C)(C)c1cc(NC(=O)Nc2ccc(C#CC3=CCC(OCCN4CCOCC4)C=C3)cc2)no1. The summed E-state index contributed by atoms with van der Waals surface area (Å²) in [5.41, 5.74) is 2.33. The van der Waals surface area contributed by atoms with Gasteiger partial charge in [0.15, 0.2) is 5.82 Å². The highest BCUT2D eigenvalue weighted by Gasteiger charge is 2.20. The van der Waals surface area contributed by atoms with Crippen molar-refractivity contribution in [1.29, 1.82) is 0 Å². The van der Waals surface area contributed by atoms with Gasteiger partial charge in [-0.3, -0.25) is 10.2 Å². The van der Waals surface area contributed by atoms with Gasteiger partial charge in [-0.25, -0.2) is 4.79 Å². The Labute approximate surface area is 212 Å². The van der Waals surface area contributed by atoms with Crippen LogP contribution in [-0.2, 0) is 14.9 Å². The zero-order valence-electron chi connectivity index (χ0n) is 21.2. The van der Waals surface area contributed by atoms with Crippen LogP contribution < -0.4 is 10.6 Å². The number of nitrogens with one attached hydrogen (secondary N) is 2. The van der Waals surface area contributed by atoms with Crippen LogP contribution in [-0.4, -0.2) is 61.6 Å². The number of aromatic nitrogens is 1. The Morgan fingerprint density at radius 3 is 2.61 bits per heavy atom. The van der Waals surface area contributed by atoms with Crippen LogP contribution in [0.4, 0.5) is 16.3 Å². The minimum absolute atomic E-state index is 0.102. The van der Waals surface area contributed by atoms with Crippen molar-refractivity contribution in [2.75, 3.05) is 50.1 Å². The van der Waals surface area contributed by atoms with E-state index in [0.29, 0.717) is 17.3 Å². The number of carbonyl (C=O) groups excluding carboxylic acids is 1. The van der Waals surface area contributed by atoms with Gasteiger partial charge in [-0.05, 0) is 36.8 Å². The van der Waals surface area contributed by atoms with Gasteiger partial charge in [-0.1, -0.05) is 49.9 Å². The van der Waals surface area contributed by atoms with Gasteiger partial charge in [0.05, 0.1) is 25.9 Å². The average molecular weight is 491 g/mol. The van der Waals surface area contributed by atoms with Gasteiger partial charge in [-0.15, -0.1) is 0 Å². The second-order valence-electron chi connectivity index (χ2n) is 9.85. The van der Waals surface area contributed by atoms with E-state index < -0.39 is 0 Å². The fourth-order valence-corrected chi connectivity index (χ4v) is 3.72. The van der Waals surface area contributed by atoms with Gasteiger partial charge >= 0.3 is 6.03 Å². The lowest BCUT2D eigenvalue weighted by molar-refractivity contribution is 0.0116. The molecule has 2 amide bonds. The Balaban J connectivity index is 1.20. The van der Waals surface area contributed by atoms with Crippen LogP contribution in [0.15, 0.2) is 58.7 Å². The van der Waals surface area contributed by atoms with E-state index in [0.717, 1.165) is 57.0 Å². The molecule has 36 heavy (non-hydrogen) atoms. The predicted molar refractivity (Wildman–Crippen MR) is 140 cm³/mol. The monoisotopic (exact) mass is 490 g/mol. The Hall–Kier alpha value is -3.38. The maximum atomic E-state index is 12.3. The quantitative estimate of drug-likeness (QED) is 0.577. The van der Waals surface area contributed by atoms with E-state index in [9.17, 15) is 4.79 Å². The molecule has 2 aliphatic rings. The van der Waals surface area contributed by atoms with Gasteiger partial charge in [0, 0.05) is 47.9 Å². The predicted octanol–water partition coefficient (Wildman–Crippen LogP) is 4.57. The van der Waals surface area contributed by atoms with E-state index >= 15 is 0 Å². The summed E-state index contributed by atoms with van der Waals surface area (Å²) in [5.74, 6) is 7.45. The molecule has 8 nitrogen and oxygen atoms in total. The second kappa shape index (κ2) is 12.0. The molecule has 0 spiro atoms. The van der Waals surface area contributed by atoms with Crippen LogP contribution in [0.2, 0.25) is 0 Å². The first-order valence-corrected chi connectivity index (χ1v) is 12.3. The van der Waals surface area contributed by atoms with Crippen LogP contribution >= 0.6 is 0 Å². The Bertz CT molecular complexity index is 1140. The number of rotatable bonds is 6.